The van der Waals surface area contributed by atoms with E-state index < -0.39 is 5.92 Å². The summed E-state index contributed by atoms with van der Waals surface area (Å²) < 4.78 is 37.8. The monoisotopic (exact) mass is 501 g/mol. The number of nitrogens with zero attached hydrogens (tertiary/aromatic N) is 4. The van der Waals surface area contributed by atoms with E-state index in [0.717, 1.165) is 27.6 Å². The summed E-state index contributed by atoms with van der Waals surface area (Å²) in [4.78, 5) is 16.8. The van der Waals surface area contributed by atoms with Gasteiger partial charge in [0.25, 0.3) is 5.92 Å². The van der Waals surface area contributed by atoms with Crippen molar-refractivity contribution in [2.45, 2.75) is 31.7 Å². The van der Waals surface area contributed by atoms with Crippen LogP contribution in [0.1, 0.15) is 36.1 Å². The molecule has 7 nitrogen and oxygen atoms in total. The number of rotatable bonds is 5. The molecular weight excluding hydrogens is 476 g/mol. The molecule has 5 aromatic rings. The Morgan fingerprint density at radius 1 is 1.16 bits per heavy atom. The number of aryl methyl sites for hydroxylation is 1. The molecule has 0 amide bonds. The van der Waals surface area contributed by atoms with Gasteiger partial charge in [0, 0.05) is 59.9 Å². The van der Waals surface area contributed by atoms with Crippen LogP contribution in [0.5, 0.6) is 5.75 Å². The Bertz CT molecular complexity index is 1740. The third-order valence-electron chi connectivity index (χ3n) is 7.16. The molecule has 3 heterocycles. The zero-order chi connectivity index (χ0) is 25.9. The average molecular weight is 502 g/mol. The summed E-state index contributed by atoms with van der Waals surface area (Å²) in [6, 6.07) is 13.8. The number of fused-ring (bicyclic) bond motifs is 4. The standard InChI is InChI=1S/C28H25F2N5O2/c1-16(18-5-4-6-22-19(18)9-11-28(22,29)30)32-27-21-13-20(17-7-8-26(36)34(2)15-17)24(37-3)14-23(21)35-25(33-27)10-12-31-35/h4-8,10,12-16H,9,11H2,1-3H3,(H,32,33). The second-order valence-electron chi connectivity index (χ2n) is 9.44. The fourth-order valence-corrected chi connectivity index (χ4v) is 5.26. The molecule has 0 saturated heterocycles. The Hall–Kier alpha value is -4.27. The summed E-state index contributed by atoms with van der Waals surface area (Å²) in [7, 11) is 3.30. The number of hydrogen-bond donors (Lipinski definition) is 1. The van der Waals surface area contributed by atoms with Crippen molar-refractivity contribution in [3.63, 3.8) is 0 Å². The van der Waals surface area contributed by atoms with Crippen molar-refractivity contribution in [1.82, 2.24) is 19.2 Å². The Kier molecular flexibility index (Phi) is 5.25. The van der Waals surface area contributed by atoms with Gasteiger partial charge in [-0.25, -0.2) is 18.3 Å². The Morgan fingerprint density at radius 2 is 2.00 bits per heavy atom. The number of alkyl halides is 2. The lowest BCUT2D eigenvalue weighted by Gasteiger charge is -2.21. The molecule has 0 saturated carbocycles. The van der Waals surface area contributed by atoms with Gasteiger partial charge in [0.1, 0.15) is 11.6 Å². The zero-order valence-electron chi connectivity index (χ0n) is 20.6. The summed E-state index contributed by atoms with van der Waals surface area (Å²) in [5.74, 6) is -1.57. The van der Waals surface area contributed by atoms with Gasteiger partial charge in [-0.1, -0.05) is 18.2 Å². The van der Waals surface area contributed by atoms with Gasteiger partial charge in [-0.3, -0.25) is 4.79 Å². The van der Waals surface area contributed by atoms with Gasteiger partial charge in [-0.05, 0) is 36.6 Å². The molecule has 3 aromatic heterocycles. The molecule has 0 fully saturated rings. The summed E-state index contributed by atoms with van der Waals surface area (Å²) in [6.45, 7) is 1.96. The van der Waals surface area contributed by atoms with E-state index in [0.29, 0.717) is 29.2 Å². The molecule has 37 heavy (non-hydrogen) atoms. The van der Waals surface area contributed by atoms with Crippen LogP contribution in [-0.2, 0) is 19.4 Å². The quantitative estimate of drug-likeness (QED) is 0.346. The molecule has 1 aliphatic carbocycles. The molecule has 0 radical (unpaired) electrons. The van der Waals surface area contributed by atoms with Crippen LogP contribution in [0.25, 0.3) is 27.7 Å². The second kappa shape index (κ2) is 8.40. The largest absolute Gasteiger partial charge is 0.496 e. The minimum absolute atomic E-state index is 0.111. The van der Waals surface area contributed by atoms with Crippen LogP contribution in [-0.4, -0.2) is 26.3 Å². The first-order chi connectivity index (χ1) is 17.8. The number of ether oxygens (including phenoxy) is 1. The lowest BCUT2D eigenvalue weighted by atomic mass is 9.97. The number of halogens is 2. The van der Waals surface area contributed by atoms with Crippen molar-refractivity contribution >= 4 is 22.4 Å². The third-order valence-corrected chi connectivity index (χ3v) is 7.16. The molecule has 0 aliphatic heterocycles. The van der Waals surface area contributed by atoms with Crippen molar-refractivity contribution < 1.29 is 13.5 Å². The van der Waals surface area contributed by atoms with Gasteiger partial charge in [0.05, 0.1) is 24.9 Å². The van der Waals surface area contributed by atoms with Crippen LogP contribution in [0.2, 0.25) is 0 Å². The normalized spacial score (nSPS) is 15.2. The van der Waals surface area contributed by atoms with E-state index >= 15 is 0 Å². The van der Waals surface area contributed by atoms with Crippen LogP contribution in [0.15, 0.2) is 65.7 Å². The van der Waals surface area contributed by atoms with E-state index in [-0.39, 0.29) is 23.6 Å². The van der Waals surface area contributed by atoms with Crippen LogP contribution in [0, 0.1) is 0 Å². The van der Waals surface area contributed by atoms with Gasteiger partial charge in [-0.15, -0.1) is 0 Å². The first-order valence-electron chi connectivity index (χ1n) is 12.1. The topological polar surface area (TPSA) is 73.4 Å². The Labute approximate surface area is 211 Å². The molecule has 2 aromatic carbocycles. The van der Waals surface area contributed by atoms with Gasteiger partial charge in [-0.2, -0.15) is 5.10 Å². The minimum atomic E-state index is -2.80. The highest BCUT2D eigenvalue weighted by molar-refractivity contribution is 5.96. The fourth-order valence-electron chi connectivity index (χ4n) is 5.26. The SMILES string of the molecule is COc1cc2c(cc1-c1ccc(=O)n(C)c1)c(NC(C)c1cccc3c1CCC3(F)F)nc1ccnn12. The number of hydrogen-bond acceptors (Lipinski definition) is 5. The number of nitrogens with one attached hydrogen (secondary N) is 1. The summed E-state index contributed by atoms with van der Waals surface area (Å²) in [5, 5.41) is 8.70. The fraction of sp³-hybridized carbons (Fsp3) is 0.250. The van der Waals surface area contributed by atoms with E-state index in [1.54, 1.807) is 43.2 Å². The maximum Gasteiger partial charge on any atom is 0.273 e. The van der Waals surface area contributed by atoms with E-state index in [2.05, 4.69) is 10.4 Å². The summed E-state index contributed by atoms with van der Waals surface area (Å²) in [6.07, 6.45) is 3.61. The van der Waals surface area contributed by atoms with Crippen molar-refractivity contribution in [3.8, 4) is 16.9 Å². The predicted octanol–water partition coefficient (Wildman–Crippen LogP) is 5.47. The van der Waals surface area contributed by atoms with Gasteiger partial charge in [0.15, 0.2) is 5.65 Å². The number of aromatic nitrogens is 4. The highest BCUT2D eigenvalue weighted by Crippen LogP contribution is 2.44. The maximum absolute atomic E-state index is 14.4. The van der Waals surface area contributed by atoms with Crippen molar-refractivity contribution in [2.24, 2.45) is 7.05 Å². The van der Waals surface area contributed by atoms with Crippen LogP contribution >= 0.6 is 0 Å². The van der Waals surface area contributed by atoms with Crippen LogP contribution in [0.4, 0.5) is 14.6 Å². The van der Waals surface area contributed by atoms with Gasteiger partial charge >= 0.3 is 0 Å². The Morgan fingerprint density at radius 3 is 2.78 bits per heavy atom. The molecule has 1 atom stereocenters. The van der Waals surface area contributed by atoms with Crippen LogP contribution in [0.3, 0.4) is 0 Å². The molecule has 6 rings (SSSR count). The molecule has 0 spiro atoms. The second-order valence-corrected chi connectivity index (χ2v) is 9.44. The molecule has 1 N–H and O–H groups in total. The highest BCUT2D eigenvalue weighted by atomic mass is 19.3. The van der Waals surface area contributed by atoms with Gasteiger partial charge < -0.3 is 14.6 Å². The first-order valence-corrected chi connectivity index (χ1v) is 12.1. The average Bonchev–Trinajstić information content (AvgIpc) is 3.49. The number of anilines is 1. The summed E-state index contributed by atoms with van der Waals surface area (Å²) in [5.41, 5.74) is 4.56. The van der Waals surface area contributed by atoms with Crippen LogP contribution < -0.4 is 15.6 Å². The third kappa shape index (κ3) is 3.73. The van der Waals surface area contributed by atoms with E-state index in [9.17, 15) is 13.6 Å². The zero-order valence-corrected chi connectivity index (χ0v) is 20.6. The molecule has 1 aliphatic rings. The Balaban J connectivity index is 1.52. The summed E-state index contributed by atoms with van der Waals surface area (Å²) >= 11 is 0. The van der Waals surface area contributed by atoms with E-state index in [4.69, 9.17) is 9.72 Å². The molecule has 188 valence electrons. The minimum Gasteiger partial charge on any atom is -0.496 e. The van der Waals surface area contributed by atoms with Gasteiger partial charge in [0.2, 0.25) is 5.56 Å². The smallest absolute Gasteiger partial charge is 0.273 e. The van der Waals surface area contributed by atoms with E-state index in [1.165, 1.54) is 16.7 Å². The number of methoxy groups -OCH3 is 1. The predicted molar refractivity (Wildman–Crippen MR) is 138 cm³/mol. The number of benzene rings is 2. The molecule has 1 unspecified atom stereocenters. The van der Waals surface area contributed by atoms with Crippen molar-refractivity contribution in [2.75, 3.05) is 12.4 Å². The van der Waals surface area contributed by atoms with E-state index in [1.807, 2.05) is 31.2 Å². The molecule has 0 bridgehead atoms. The highest BCUT2D eigenvalue weighted by Gasteiger charge is 2.40. The van der Waals surface area contributed by atoms with Crippen molar-refractivity contribution in [1.29, 1.82) is 0 Å². The lowest BCUT2D eigenvalue weighted by Crippen LogP contribution is -2.14. The number of pyridine rings is 1. The lowest BCUT2D eigenvalue weighted by molar-refractivity contribution is -0.00184. The maximum atomic E-state index is 14.4. The molecule has 9 heteroatoms. The van der Waals surface area contributed by atoms with Crippen molar-refractivity contribution in [3.05, 3.63) is 88.0 Å². The first kappa shape index (κ1) is 23.1. The molecular formula is C28H25F2N5O2.